The number of carbonyl (C=O) groups is 1. The molecule has 1 aromatic carbocycles. The molecule has 1 N–H and O–H groups in total. The molecular weight excluding hydrogens is 316 g/mol. The molecule has 7 heteroatoms. The second kappa shape index (κ2) is 7.31. The smallest absolute Gasteiger partial charge is 0.224 e. The average Bonchev–Trinajstić information content (AvgIpc) is 2.54. The highest BCUT2D eigenvalue weighted by Crippen LogP contribution is 2.25. The Morgan fingerprint density at radius 2 is 2.09 bits per heavy atom. The van der Waals surface area contributed by atoms with Gasteiger partial charge in [-0.3, -0.25) is 4.79 Å². The first-order valence-electron chi connectivity index (χ1n) is 7.71. The fourth-order valence-corrected chi connectivity index (χ4v) is 3.80. The molecule has 1 saturated heterocycles. The zero-order chi connectivity index (χ0) is 17.0. The maximum atomic E-state index is 12.5. The maximum absolute atomic E-state index is 12.5. The van der Waals surface area contributed by atoms with Crippen molar-refractivity contribution in [1.82, 2.24) is 9.62 Å². The quantitative estimate of drug-likeness (QED) is 0.882. The van der Waals surface area contributed by atoms with E-state index < -0.39 is 10.0 Å². The number of rotatable bonds is 5. The Balaban J connectivity index is 2.03. The van der Waals surface area contributed by atoms with Gasteiger partial charge in [0.2, 0.25) is 15.9 Å². The van der Waals surface area contributed by atoms with E-state index in [-0.39, 0.29) is 24.4 Å². The molecule has 0 saturated carbocycles. The minimum atomic E-state index is -3.25. The highest BCUT2D eigenvalue weighted by molar-refractivity contribution is 7.88. The SMILES string of the molecule is COc1ccccc1C(C)NC(=O)C1CCCN(S(C)(=O)=O)C1. The standard InChI is InChI=1S/C16H24N2O4S/c1-12(14-8-4-5-9-15(14)22-2)17-16(19)13-7-6-10-18(11-13)23(3,20)21/h4-5,8-9,12-13H,6-7,10-11H2,1-3H3,(H,17,19). The molecule has 128 valence electrons. The number of carbonyl (C=O) groups excluding carboxylic acids is 1. The van der Waals surface area contributed by atoms with E-state index in [0.717, 1.165) is 11.3 Å². The first kappa shape index (κ1) is 17.7. The summed E-state index contributed by atoms with van der Waals surface area (Å²) in [6.07, 6.45) is 2.59. The van der Waals surface area contributed by atoms with Crippen LogP contribution in [0.25, 0.3) is 0 Å². The number of ether oxygens (including phenoxy) is 1. The van der Waals surface area contributed by atoms with E-state index in [1.807, 2.05) is 31.2 Å². The van der Waals surface area contributed by atoms with E-state index >= 15 is 0 Å². The van der Waals surface area contributed by atoms with Crippen molar-refractivity contribution >= 4 is 15.9 Å². The highest BCUT2D eigenvalue weighted by atomic mass is 32.2. The second-order valence-corrected chi connectivity index (χ2v) is 7.91. The van der Waals surface area contributed by atoms with Crippen molar-refractivity contribution in [3.63, 3.8) is 0 Å². The Hall–Kier alpha value is -1.60. The molecule has 23 heavy (non-hydrogen) atoms. The lowest BCUT2D eigenvalue weighted by Crippen LogP contribution is -2.45. The topological polar surface area (TPSA) is 75.7 Å². The van der Waals surface area contributed by atoms with Crippen molar-refractivity contribution < 1.29 is 17.9 Å². The molecule has 2 rings (SSSR count). The normalized spacial score (nSPS) is 20.7. The van der Waals surface area contributed by atoms with Gasteiger partial charge in [-0.25, -0.2) is 12.7 Å². The van der Waals surface area contributed by atoms with Crippen molar-refractivity contribution in [3.8, 4) is 5.75 Å². The van der Waals surface area contributed by atoms with Crippen LogP contribution in [0.4, 0.5) is 0 Å². The second-order valence-electron chi connectivity index (χ2n) is 5.93. The van der Waals surface area contributed by atoms with Crippen LogP contribution >= 0.6 is 0 Å². The summed E-state index contributed by atoms with van der Waals surface area (Å²) in [5.74, 6) is 0.300. The van der Waals surface area contributed by atoms with E-state index in [0.29, 0.717) is 19.4 Å². The Morgan fingerprint density at radius 3 is 2.74 bits per heavy atom. The van der Waals surface area contributed by atoms with Crippen LogP contribution in [0.2, 0.25) is 0 Å². The molecule has 0 bridgehead atoms. The molecule has 1 aliphatic rings. The third-order valence-electron chi connectivity index (χ3n) is 4.19. The summed E-state index contributed by atoms with van der Waals surface area (Å²) in [5.41, 5.74) is 0.902. The molecule has 0 radical (unpaired) electrons. The van der Waals surface area contributed by atoms with Crippen LogP contribution in [0.5, 0.6) is 5.75 Å². The molecule has 0 aliphatic carbocycles. The third-order valence-corrected chi connectivity index (χ3v) is 5.46. The van der Waals surface area contributed by atoms with Crippen LogP contribution in [0.15, 0.2) is 24.3 Å². The summed E-state index contributed by atoms with van der Waals surface area (Å²) < 4.78 is 30.0. The van der Waals surface area contributed by atoms with Gasteiger partial charge in [-0.05, 0) is 25.8 Å². The van der Waals surface area contributed by atoms with Gasteiger partial charge in [0, 0.05) is 18.7 Å². The van der Waals surface area contributed by atoms with Gasteiger partial charge < -0.3 is 10.1 Å². The third kappa shape index (κ3) is 4.45. The van der Waals surface area contributed by atoms with Crippen molar-refractivity contribution in [3.05, 3.63) is 29.8 Å². The highest BCUT2D eigenvalue weighted by Gasteiger charge is 2.30. The first-order chi connectivity index (χ1) is 10.8. The van der Waals surface area contributed by atoms with Gasteiger partial charge in [0.15, 0.2) is 0 Å². The van der Waals surface area contributed by atoms with Crippen molar-refractivity contribution in [2.45, 2.75) is 25.8 Å². The van der Waals surface area contributed by atoms with Gasteiger partial charge in [-0.15, -0.1) is 0 Å². The molecular formula is C16H24N2O4S. The Morgan fingerprint density at radius 1 is 1.39 bits per heavy atom. The number of benzene rings is 1. The molecule has 6 nitrogen and oxygen atoms in total. The predicted molar refractivity (Wildman–Crippen MR) is 88.7 cm³/mol. The zero-order valence-electron chi connectivity index (χ0n) is 13.8. The van der Waals surface area contributed by atoms with Gasteiger partial charge in [0.05, 0.1) is 25.3 Å². The Labute approximate surface area is 137 Å². The predicted octanol–water partition coefficient (Wildman–Crippen LogP) is 1.54. The lowest BCUT2D eigenvalue weighted by molar-refractivity contribution is -0.126. The lowest BCUT2D eigenvalue weighted by Gasteiger charge is -2.31. The van der Waals surface area contributed by atoms with Crippen LogP contribution in [0.1, 0.15) is 31.4 Å². The number of nitrogens with one attached hydrogen (secondary N) is 1. The number of hydrogen-bond donors (Lipinski definition) is 1. The summed E-state index contributed by atoms with van der Waals surface area (Å²) in [6.45, 7) is 2.64. The Bertz CT molecular complexity index is 660. The van der Waals surface area contributed by atoms with Crippen LogP contribution < -0.4 is 10.1 Å². The monoisotopic (exact) mass is 340 g/mol. The molecule has 0 spiro atoms. The summed E-state index contributed by atoms with van der Waals surface area (Å²) in [6, 6.07) is 7.33. The largest absolute Gasteiger partial charge is 0.496 e. The molecule has 1 amide bonds. The number of amides is 1. The lowest BCUT2D eigenvalue weighted by atomic mass is 9.97. The Kier molecular flexibility index (Phi) is 5.64. The molecule has 1 aliphatic heterocycles. The zero-order valence-corrected chi connectivity index (χ0v) is 14.6. The van der Waals surface area contributed by atoms with Crippen LogP contribution in [-0.4, -0.2) is 45.1 Å². The van der Waals surface area contributed by atoms with Crippen LogP contribution in [0, 0.1) is 5.92 Å². The van der Waals surface area contributed by atoms with E-state index in [4.69, 9.17) is 4.74 Å². The van der Waals surface area contributed by atoms with Crippen molar-refractivity contribution in [2.75, 3.05) is 26.5 Å². The number of sulfonamides is 1. The van der Waals surface area contributed by atoms with Crippen LogP contribution in [0.3, 0.4) is 0 Å². The van der Waals surface area contributed by atoms with Crippen molar-refractivity contribution in [1.29, 1.82) is 0 Å². The number of hydrogen-bond acceptors (Lipinski definition) is 4. The number of methoxy groups -OCH3 is 1. The molecule has 1 heterocycles. The number of piperidine rings is 1. The van der Waals surface area contributed by atoms with Gasteiger partial charge in [0.25, 0.3) is 0 Å². The molecule has 1 fully saturated rings. The molecule has 2 atom stereocenters. The summed E-state index contributed by atoms with van der Waals surface area (Å²) in [4.78, 5) is 12.5. The van der Waals surface area contributed by atoms with Crippen molar-refractivity contribution in [2.24, 2.45) is 5.92 Å². The summed E-state index contributed by atoms with van der Waals surface area (Å²) in [5, 5.41) is 2.97. The first-order valence-corrected chi connectivity index (χ1v) is 9.56. The molecule has 2 unspecified atom stereocenters. The van der Waals surface area contributed by atoms with Gasteiger partial charge in [-0.2, -0.15) is 0 Å². The van der Waals surface area contributed by atoms with Crippen LogP contribution in [-0.2, 0) is 14.8 Å². The minimum Gasteiger partial charge on any atom is -0.496 e. The fraction of sp³-hybridized carbons (Fsp3) is 0.562. The maximum Gasteiger partial charge on any atom is 0.224 e. The van der Waals surface area contributed by atoms with E-state index in [2.05, 4.69) is 5.32 Å². The van der Waals surface area contributed by atoms with E-state index in [1.54, 1.807) is 7.11 Å². The van der Waals surface area contributed by atoms with Gasteiger partial charge in [-0.1, -0.05) is 18.2 Å². The van der Waals surface area contributed by atoms with Gasteiger partial charge in [0.1, 0.15) is 5.75 Å². The van der Waals surface area contributed by atoms with Gasteiger partial charge >= 0.3 is 0 Å². The summed E-state index contributed by atoms with van der Waals surface area (Å²) >= 11 is 0. The molecule has 0 aromatic heterocycles. The number of nitrogens with zero attached hydrogens (tertiary/aromatic N) is 1. The minimum absolute atomic E-state index is 0.114. The fourth-order valence-electron chi connectivity index (χ4n) is 2.89. The number of para-hydroxylation sites is 1. The van der Waals surface area contributed by atoms with E-state index in [9.17, 15) is 13.2 Å². The summed E-state index contributed by atoms with van der Waals surface area (Å²) in [7, 11) is -1.65. The van der Waals surface area contributed by atoms with E-state index in [1.165, 1.54) is 10.6 Å². The molecule has 1 aromatic rings. The average molecular weight is 340 g/mol.